The average Bonchev–Trinajstić information content (AvgIpc) is 2.16. The van der Waals surface area contributed by atoms with Crippen LogP contribution in [-0.2, 0) is 0 Å². The molecule has 1 aromatic carbocycles. The standard InChI is InChI=1S/C9H8F4O2/c10-8(11)7(14)5-2-1-3-6(4-5)15-9(12)13/h1-4,7-9,14H. The Hall–Kier alpha value is -1.30. The molecule has 0 aliphatic carbocycles. The summed E-state index contributed by atoms with van der Waals surface area (Å²) in [7, 11) is 0. The summed E-state index contributed by atoms with van der Waals surface area (Å²) in [6, 6.07) is 4.59. The zero-order chi connectivity index (χ0) is 11.4. The lowest BCUT2D eigenvalue weighted by molar-refractivity contribution is -0.0502. The van der Waals surface area contributed by atoms with Crippen molar-refractivity contribution in [1.82, 2.24) is 0 Å². The minimum atomic E-state index is -3.02. The molecule has 0 saturated carbocycles. The minimum absolute atomic E-state index is 0.164. The highest BCUT2D eigenvalue weighted by Crippen LogP contribution is 2.24. The van der Waals surface area contributed by atoms with E-state index in [2.05, 4.69) is 4.74 Å². The van der Waals surface area contributed by atoms with Gasteiger partial charge >= 0.3 is 6.61 Å². The summed E-state index contributed by atoms with van der Waals surface area (Å²) in [4.78, 5) is 0. The van der Waals surface area contributed by atoms with Crippen LogP contribution in [-0.4, -0.2) is 18.1 Å². The number of aliphatic hydroxyl groups excluding tert-OH is 1. The van der Waals surface area contributed by atoms with Gasteiger partial charge in [-0.1, -0.05) is 12.1 Å². The van der Waals surface area contributed by atoms with Crippen LogP contribution in [0, 0.1) is 0 Å². The SMILES string of the molecule is OC(c1cccc(OC(F)F)c1)C(F)F. The van der Waals surface area contributed by atoms with Crippen LogP contribution in [0.15, 0.2) is 24.3 Å². The number of halogens is 4. The second-order valence-corrected chi connectivity index (χ2v) is 2.73. The monoisotopic (exact) mass is 224 g/mol. The molecule has 1 rings (SSSR count). The van der Waals surface area contributed by atoms with Gasteiger partial charge in [-0.05, 0) is 17.7 Å². The van der Waals surface area contributed by atoms with E-state index in [0.29, 0.717) is 0 Å². The Kier molecular flexibility index (Phi) is 3.90. The molecular formula is C9H8F4O2. The van der Waals surface area contributed by atoms with Crippen LogP contribution in [0.2, 0.25) is 0 Å². The van der Waals surface area contributed by atoms with Crippen LogP contribution < -0.4 is 4.74 Å². The largest absolute Gasteiger partial charge is 0.435 e. The Morgan fingerprint density at radius 1 is 1.13 bits per heavy atom. The van der Waals surface area contributed by atoms with Gasteiger partial charge in [0.25, 0.3) is 6.43 Å². The highest BCUT2D eigenvalue weighted by Gasteiger charge is 2.19. The van der Waals surface area contributed by atoms with Gasteiger partial charge in [-0.25, -0.2) is 8.78 Å². The summed E-state index contributed by atoms with van der Waals surface area (Å²) >= 11 is 0. The molecular weight excluding hydrogens is 216 g/mol. The number of alkyl halides is 4. The van der Waals surface area contributed by atoms with Crippen molar-refractivity contribution in [3.8, 4) is 5.75 Å². The molecule has 84 valence electrons. The molecule has 0 aromatic heterocycles. The summed E-state index contributed by atoms with van der Waals surface area (Å²) in [5, 5.41) is 8.96. The van der Waals surface area contributed by atoms with Gasteiger partial charge in [-0.3, -0.25) is 0 Å². The van der Waals surface area contributed by atoms with Crippen molar-refractivity contribution in [2.45, 2.75) is 19.1 Å². The molecule has 0 fully saturated rings. The molecule has 0 saturated heterocycles. The summed E-state index contributed by atoms with van der Waals surface area (Å²) < 4.78 is 51.7. The summed E-state index contributed by atoms with van der Waals surface area (Å²) in [6.45, 7) is -3.02. The fourth-order valence-corrected chi connectivity index (χ4v) is 1.02. The Balaban J connectivity index is 2.82. The van der Waals surface area contributed by atoms with Gasteiger partial charge in [0.1, 0.15) is 11.9 Å². The van der Waals surface area contributed by atoms with Crippen LogP contribution in [0.4, 0.5) is 17.6 Å². The molecule has 1 unspecified atom stereocenters. The van der Waals surface area contributed by atoms with E-state index >= 15 is 0 Å². The Labute approximate surface area is 83.1 Å². The van der Waals surface area contributed by atoms with Crippen molar-refractivity contribution in [3.63, 3.8) is 0 Å². The Morgan fingerprint density at radius 2 is 1.80 bits per heavy atom. The molecule has 0 spiro atoms. The number of rotatable bonds is 4. The van der Waals surface area contributed by atoms with E-state index in [1.807, 2.05) is 0 Å². The van der Waals surface area contributed by atoms with Crippen molar-refractivity contribution in [2.24, 2.45) is 0 Å². The van der Waals surface area contributed by atoms with E-state index in [1.54, 1.807) is 0 Å². The number of ether oxygens (including phenoxy) is 1. The van der Waals surface area contributed by atoms with E-state index in [9.17, 15) is 17.6 Å². The molecule has 1 N–H and O–H groups in total. The third kappa shape index (κ3) is 3.39. The first-order chi connectivity index (χ1) is 7.00. The minimum Gasteiger partial charge on any atom is -0.435 e. The Morgan fingerprint density at radius 3 is 2.33 bits per heavy atom. The lowest BCUT2D eigenvalue weighted by Gasteiger charge is -2.11. The van der Waals surface area contributed by atoms with Crippen molar-refractivity contribution in [1.29, 1.82) is 0 Å². The van der Waals surface area contributed by atoms with E-state index in [4.69, 9.17) is 5.11 Å². The molecule has 0 heterocycles. The maximum atomic E-state index is 12.1. The molecule has 0 aliphatic rings. The highest BCUT2D eigenvalue weighted by atomic mass is 19.3. The molecule has 15 heavy (non-hydrogen) atoms. The van der Waals surface area contributed by atoms with Crippen LogP contribution in [0.25, 0.3) is 0 Å². The van der Waals surface area contributed by atoms with Crippen LogP contribution in [0.5, 0.6) is 5.75 Å². The number of hydrogen-bond donors (Lipinski definition) is 1. The smallest absolute Gasteiger partial charge is 0.387 e. The van der Waals surface area contributed by atoms with Gasteiger partial charge < -0.3 is 9.84 Å². The maximum absolute atomic E-state index is 12.1. The van der Waals surface area contributed by atoms with Crippen molar-refractivity contribution in [3.05, 3.63) is 29.8 Å². The first-order valence-electron chi connectivity index (χ1n) is 4.01. The number of aliphatic hydroxyl groups is 1. The molecule has 0 aliphatic heterocycles. The van der Waals surface area contributed by atoms with E-state index in [1.165, 1.54) is 18.2 Å². The predicted molar refractivity (Wildman–Crippen MR) is 44.0 cm³/mol. The van der Waals surface area contributed by atoms with Gasteiger partial charge in [0.15, 0.2) is 0 Å². The highest BCUT2D eigenvalue weighted by molar-refractivity contribution is 5.30. The van der Waals surface area contributed by atoms with Crippen molar-refractivity contribution in [2.75, 3.05) is 0 Å². The molecule has 1 aromatic rings. The summed E-state index contributed by atoms with van der Waals surface area (Å²) in [5.41, 5.74) is -0.164. The quantitative estimate of drug-likeness (QED) is 0.796. The molecule has 0 bridgehead atoms. The molecule has 2 nitrogen and oxygen atoms in total. The van der Waals surface area contributed by atoms with E-state index < -0.39 is 19.1 Å². The zero-order valence-electron chi connectivity index (χ0n) is 7.41. The van der Waals surface area contributed by atoms with Gasteiger partial charge in [0.05, 0.1) is 0 Å². The topological polar surface area (TPSA) is 29.5 Å². The summed E-state index contributed by atoms with van der Waals surface area (Å²) in [5.74, 6) is -0.262. The molecule has 6 heteroatoms. The predicted octanol–water partition coefficient (Wildman–Crippen LogP) is 2.59. The fourth-order valence-electron chi connectivity index (χ4n) is 1.02. The van der Waals surface area contributed by atoms with E-state index in [0.717, 1.165) is 6.07 Å². The van der Waals surface area contributed by atoms with Crippen LogP contribution in [0.3, 0.4) is 0 Å². The van der Waals surface area contributed by atoms with Gasteiger partial charge in [-0.15, -0.1) is 0 Å². The second-order valence-electron chi connectivity index (χ2n) is 2.73. The third-order valence-electron chi connectivity index (χ3n) is 1.66. The lowest BCUT2D eigenvalue weighted by Crippen LogP contribution is -2.08. The van der Waals surface area contributed by atoms with Crippen LogP contribution in [0.1, 0.15) is 11.7 Å². The Bertz CT molecular complexity index is 317. The first-order valence-corrected chi connectivity index (χ1v) is 4.01. The average molecular weight is 224 g/mol. The molecule has 0 amide bonds. The normalized spacial score (nSPS) is 13.3. The second kappa shape index (κ2) is 4.97. The zero-order valence-corrected chi connectivity index (χ0v) is 7.41. The van der Waals surface area contributed by atoms with Crippen molar-refractivity contribution >= 4 is 0 Å². The lowest BCUT2D eigenvalue weighted by atomic mass is 10.1. The van der Waals surface area contributed by atoms with Gasteiger partial charge in [0, 0.05) is 0 Å². The summed E-state index contributed by atoms with van der Waals surface area (Å²) in [6.07, 6.45) is -4.96. The maximum Gasteiger partial charge on any atom is 0.387 e. The van der Waals surface area contributed by atoms with E-state index in [-0.39, 0.29) is 11.3 Å². The molecule has 0 radical (unpaired) electrons. The van der Waals surface area contributed by atoms with Crippen LogP contribution >= 0.6 is 0 Å². The van der Waals surface area contributed by atoms with Crippen molar-refractivity contribution < 1.29 is 27.4 Å². The molecule has 1 atom stereocenters. The van der Waals surface area contributed by atoms with Gasteiger partial charge in [0.2, 0.25) is 0 Å². The fraction of sp³-hybridized carbons (Fsp3) is 0.333. The number of benzene rings is 1. The third-order valence-corrected chi connectivity index (χ3v) is 1.66. The number of hydrogen-bond acceptors (Lipinski definition) is 2. The van der Waals surface area contributed by atoms with Gasteiger partial charge in [-0.2, -0.15) is 8.78 Å². The first kappa shape index (κ1) is 11.8.